The fraction of sp³-hybridized carbons (Fsp3) is 0.227. The lowest BCUT2D eigenvalue weighted by Gasteiger charge is -2.39. The van der Waals surface area contributed by atoms with E-state index in [4.69, 9.17) is 9.47 Å². The van der Waals surface area contributed by atoms with E-state index in [1.165, 1.54) is 11.3 Å². The molecule has 2 atom stereocenters. The number of aryl methyl sites for hydroxylation is 1. The van der Waals surface area contributed by atoms with E-state index < -0.39 is 12.0 Å². The summed E-state index contributed by atoms with van der Waals surface area (Å²) in [5.41, 5.74) is 2.89. The molecule has 1 N–H and O–H groups in total. The van der Waals surface area contributed by atoms with Gasteiger partial charge in [0, 0.05) is 18.0 Å². The molecule has 0 fully saturated rings. The fourth-order valence-electron chi connectivity index (χ4n) is 4.07. The maximum absolute atomic E-state index is 13.5. The molecule has 0 saturated heterocycles. The molecule has 8 heteroatoms. The minimum Gasteiger partial charge on any atom is -0.454 e. The number of likely N-dealkylation sites (N-methyl/N-ethyl adjacent to an activating group) is 1. The quantitative estimate of drug-likeness (QED) is 0.697. The molecule has 0 aliphatic carbocycles. The van der Waals surface area contributed by atoms with Crippen LogP contribution in [0.3, 0.4) is 0 Å². The van der Waals surface area contributed by atoms with E-state index in [-0.39, 0.29) is 18.6 Å². The first-order chi connectivity index (χ1) is 14.5. The summed E-state index contributed by atoms with van der Waals surface area (Å²) in [5.74, 6) is 0.333. The summed E-state index contributed by atoms with van der Waals surface area (Å²) in [6.45, 7) is 2.04. The third-order valence-electron chi connectivity index (χ3n) is 5.45. The molecule has 0 bridgehead atoms. The van der Waals surface area contributed by atoms with E-state index in [0.29, 0.717) is 27.8 Å². The molecule has 7 nitrogen and oxygen atoms in total. The van der Waals surface area contributed by atoms with E-state index in [1.54, 1.807) is 18.0 Å². The third kappa shape index (κ3) is 3.00. The largest absolute Gasteiger partial charge is 0.454 e. The Morgan fingerprint density at radius 2 is 2.00 bits per heavy atom. The van der Waals surface area contributed by atoms with Gasteiger partial charge in [0.05, 0.1) is 17.7 Å². The maximum atomic E-state index is 13.5. The minimum absolute atomic E-state index is 0.123. The molecule has 2 aliphatic rings. The minimum atomic E-state index is -0.603. The van der Waals surface area contributed by atoms with Crippen molar-refractivity contribution in [1.29, 1.82) is 0 Å². The number of carbonyl (C=O) groups excluding carboxylic acids is 2. The fourth-order valence-corrected chi connectivity index (χ4v) is 4.76. The van der Waals surface area contributed by atoms with Crippen LogP contribution in [0.15, 0.2) is 47.8 Å². The van der Waals surface area contributed by atoms with Crippen LogP contribution in [0.5, 0.6) is 11.5 Å². The molecule has 2 aliphatic heterocycles. The van der Waals surface area contributed by atoms with E-state index in [1.807, 2.05) is 48.7 Å². The summed E-state index contributed by atoms with van der Waals surface area (Å²) in [7, 11) is 1.72. The number of carbonyl (C=O) groups is 2. The van der Waals surface area contributed by atoms with Gasteiger partial charge in [-0.1, -0.05) is 24.3 Å². The van der Waals surface area contributed by atoms with Crippen LogP contribution in [0.4, 0.5) is 5.13 Å². The van der Waals surface area contributed by atoms with Gasteiger partial charge in [-0.25, -0.2) is 4.98 Å². The van der Waals surface area contributed by atoms with Gasteiger partial charge in [-0.05, 0) is 36.2 Å². The first-order valence-electron chi connectivity index (χ1n) is 9.51. The first kappa shape index (κ1) is 18.6. The second-order valence-corrected chi connectivity index (χ2v) is 8.18. The van der Waals surface area contributed by atoms with Crippen LogP contribution in [0, 0.1) is 6.92 Å². The van der Waals surface area contributed by atoms with Crippen molar-refractivity contribution in [3.63, 3.8) is 0 Å². The van der Waals surface area contributed by atoms with Crippen molar-refractivity contribution in [3.8, 4) is 11.5 Å². The zero-order valence-electron chi connectivity index (χ0n) is 16.4. The Morgan fingerprint density at radius 1 is 1.20 bits per heavy atom. The van der Waals surface area contributed by atoms with Gasteiger partial charge in [0.15, 0.2) is 16.6 Å². The average molecular weight is 421 g/mol. The Balaban J connectivity index is 1.61. The molecule has 0 unspecified atom stereocenters. The van der Waals surface area contributed by atoms with Crippen LogP contribution in [0.25, 0.3) is 0 Å². The third-order valence-corrected chi connectivity index (χ3v) is 6.32. The number of amides is 2. The van der Waals surface area contributed by atoms with Gasteiger partial charge in [-0.15, -0.1) is 11.3 Å². The Kier molecular flexibility index (Phi) is 4.43. The molecule has 0 radical (unpaired) electrons. The highest BCUT2D eigenvalue weighted by atomic mass is 32.1. The SMILES string of the molecule is Cc1csc(NC(=O)[C@@H]2c3ccccc3C(=O)N(C)[C@@H]2c2ccc3c(c2)OCO3)n1. The average Bonchev–Trinajstić information content (AvgIpc) is 3.38. The zero-order valence-corrected chi connectivity index (χ0v) is 17.2. The molecule has 2 aromatic carbocycles. The van der Waals surface area contributed by atoms with Crippen molar-refractivity contribution in [1.82, 2.24) is 9.88 Å². The second kappa shape index (κ2) is 7.14. The molecule has 3 heterocycles. The van der Waals surface area contributed by atoms with Crippen LogP contribution < -0.4 is 14.8 Å². The van der Waals surface area contributed by atoms with Crippen molar-refractivity contribution in [2.24, 2.45) is 0 Å². The lowest BCUT2D eigenvalue weighted by molar-refractivity contribution is -0.119. The number of nitrogens with zero attached hydrogens (tertiary/aromatic N) is 2. The lowest BCUT2D eigenvalue weighted by Crippen LogP contribution is -2.44. The van der Waals surface area contributed by atoms with Crippen molar-refractivity contribution < 1.29 is 19.1 Å². The van der Waals surface area contributed by atoms with E-state index in [0.717, 1.165) is 11.3 Å². The van der Waals surface area contributed by atoms with Gasteiger partial charge < -0.3 is 19.7 Å². The van der Waals surface area contributed by atoms with Gasteiger partial charge in [0.2, 0.25) is 12.7 Å². The topological polar surface area (TPSA) is 80.8 Å². The highest BCUT2D eigenvalue weighted by molar-refractivity contribution is 7.13. The molecule has 0 saturated carbocycles. The molecular weight excluding hydrogens is 402 g/mol. The Morgan fingerprint density at radius 3 is 2.80 bits per heavy atom. The molecular formula is C22H19N3O4S. The number of anilines is 1. The molecule has 152 valence electrons. The van der Waals surface area contributed by atoms with E-state index >= 15 is 0 Å². The highest BCUT2D eigenvalue weighted by Gasteiger charge is 2.43. The van der Waals surface area contributed by atoms with E-state index in [9.17, 15) is 9.59 Å². The second-order valence-electron chi connectivity index (χ2n) is 7.32. The predicted molar refractivity (Wildman–Crippen MR) is 112 cm³/mol. The van der Waals surface area contributed by atoms with Gasteiger partial charge in [-0.3, -0.25) is 9.59 Å². The molecule has 0 spiro atoms. The number of hydrogen-bond acceptors (Lipinski definition) is 6. The summed E-state index contributed by atoms with van der Waals surface area (Å²) in [6, 6.07) is 12.3. The highest BCUT2D eigenvalue weighted by Crippen LogP contribution is 2.45. The molecule has 1 aromatic heterocycles. The van der Waals surface area contributed by atoms with Crippen molar-refractivity contribution in [3.05, 3.63) is 70.2 Å². The van der Waals surface area contributed by atoms with Gasteiger partial charge in [-0.2, -0.15) is 0 Å². The number of benzene rings is 2. The van der Waals surface area contributed by atoms with Crippen LogP contribution in [-0.2, 0) is 4.79 Å². The number of rotatable bonds is 3. The zero-order chi connectivity index (χ0) is 20.8. The van der Waals surface area contributed by atoms with Crippen LogP contribution >= 0.6 is 11.3 Å². The number of nitrogens with one attached hydrogen (secondary N) is 1. The van der Waals surface area contributed by atoms with E-state index in [2.05, 4.69) is 10.3 Å². The Hall–Kier alpha value is -3.39. The van der Waals surface area contributed by atoms with Crippen molar-refractivity contribution >= 4 is 28.3 Å². The Bertz CT molecular complexity index is 1160. The normalized spacial score (nSPS) is 19.5. The predicted octanol–water partition coefficient (Wildman–Crippen LogP) is 3.73. The van der Waals surface area contributed by atoms with Gasteiger partial charge >= 0.3 is 0 Å². The number of fused-ring (bicyclic) bond motifs is 2. The van der Waals surface area contributed by atoms with Crippen molar-refractivity contribution in [2.75, 3.05) is 19.2 Å². The van der Waals surface area contributed by atoms with Gasteiger partial charge in [0.25, 0.3) is 5.91 Å². The summed E-state index contributed by atoms with van der Waals surface area (Å²) >= 11 is 1.38. The summed E-state index contributed by atoms with van der Waals surface area (Å²) < 4.78 is 10.9. The lowest BCUT2D eigenvalue weighted by atomic mass is 9.79. The smallest absolute Gasteiger partial charge is 0.254 e. The number of ether oxygens (including phenoxy) is 2. The standard InChI is InChI=1S/C22H19N3O4S/c1-12-10-30-22(23-12)24-20(26)18-14-5-3-4-6-15(14)21(27)25(2)19(18)13-7-8-16-17(9-13)29-11-28-16/h3-10,18-19H,11H2,1-2H3,(H,23,24,26)/t18-,19-/m1/s1. The number of hydrogen-bond donors (Lipinski definition) is 1. The summed E-state index contributed by atoms with van der Waals surface area (Å²) in [6.07, 6.45) is 0. The Labute approximate surface area is 177 Å². The van der Waals surface area contributed by atoms with Crippen LogP contribution in [-0.4, -0.2) is 35.5 Å². The molecule has 3 aromatic rings. The van der Waals surface area contributed by atoms with Crippen LogP contribution in [0.2, 0.25) is 0 Å². The molecule has 5 rings (SSSR count). The number of aromatic nitrogens is 1. The maximum Gasteiger partial charge on any atom is 0.254 e. The molecule has 2 amide bonds. The monoisotopic (exact) mass is 421 g/mol. The summed E-state index contributed by atoms with van der Waals surface area (Å²) in [5, 5.41) is 5.36. The summed E-state index contributed by atoms with van der Waals surface area (Å²) in [4.78, 5) is 32.5. The molecule has 30 heavy (non-hydrogen) atoms. The van der Waals surface area contributed by atoms with Crippen molar-refractivity contribution in [2.45, 2.75) is 18.9 Å². The first-order valence-corrected chi connectivity index (χ1v) is 10.4. The van der Waals surface area contributed by atoms with Gasteiger partial charge in [0.1, 0.15) is 0 Å². The van der Waals surface area contributed by atoms with Crippen LogP contribution in [0.1, 0.15) is 39.1 Å². The number of thiazole rings is 1.